The second-order valence-corrected chi connectivity index (χ2v) is 3.87. The van der Waals surface area contributed by atoms with E-state index in [0.29, 0.717) is 10.3 Å². The highest BCUT2D eigenvalue weighted by Gasteiger charge is 1.97. The van der Waals surface area contributed by atoms with Crippen molar-refractivity contribution >= 4 is 34.3 Å². The van der Waals surface area contributed by atoms with E-state index in [1.807, 2.05) is 0 Å². The van der Waals surface area contributed by atoms with E-state index in [4.69, 9.17) is 12.2 Å². The summed E-state index contributed by atoms with van der Waals surface area (Å²) in [5.41, 5.74) is 1.51. The topological polar surface area (TPSA) is 71.7 Å². The predicted molar refractivity (Wildman–Crippen MR) is 50.7 cm³/mol. The Balaban J connectivity index is 2.74. The minimum atomic E-state index is -2.19. The van der Waals surface area contributed by atoms with Crippen LogP contribution in [-0.2, 0) is 11.1 Å². The van der Waals surface area contributed by atoms with Gasteiger partial charge in [0.1, 0.15) is 0 Å². The average molecular weight is 213 g/mol. The number of aromatic nitrogens is 2. The maximum Gasteiger partial charge on any atom is 0.175 e. The van der Waals surface area contributed by atoms with Crippen LogP contribution in [0, 0.1) is 4.77 Å². The zero-order chi connectivity index (χ0) is 9.42. The zero-order valence-corrected chi connectivity index (χ0v) is 8.00. The summed E-state index contributed by atoms with van der Waals surface area (Å²) in [6.07, 6.45) is 0. The Bertz CT molecular complexity index is 529. The van der Waals surface area contributed by atoms with Crippen molar-refractivity contribution in [1.82, 2.24) is 9.97 Å². The highest BCUT2D eigenvalue weighted by atomic mass is 32.2. The van der Waals surface area contributed by atoms with Crippen LogP contribution in [0.2, 0.25) is 0 Å². The number of imidazole rings is 1. The van der Waals surface area contributed by atoms with Crippen LogP contribution in [0.3, 0.4) is 0 Å². The van der Waals surface area contributed by atoms with E-state index in [1.54, 1.807) is 6.07 Å². The highest BCUT2D eigenvalue weighted by Crippen LogP contribution is 2.13. The molecule has 0 amide bonds. The molecule has 0 aliphatic rings. The summed E-state index contributed by atoms with van der Waals surface area (Å²) in [6.45, 7) is 0. The molecule has 1 heterocycles. The first kappa shape index (κ1) is 8.61. The molecule has 0 aliphatic heterocycles. The molecule has 6 heteroatoms. The van der Waals surface area contributed by atoms with Gasteiger partial charge in [-0.3, -0.25) is 4.21 Å². The van der Waals surface area contributed by atoms with Crippen LogP contribution in [0.1, 0.15) is 0 Å². The van der Waals surface area contributed by atoms with Gasteiger partial charge in [0.25, 0.3) is 0 Å². The third kappa shape index (κ3) is 1.55. The van der Waals surface area contributed by atoms with Crippen molar-refractivity contribution in [2.75, 3.05) is 0 Å². The summed E-state index contributed by atoms with van der Waals surface area (Å²) < 4.78 is 21.7. The number of nitrogens with one attached hydrogen (secondary N) is 2. The van der Waals surface area contributed by atoms with Crippen LogP contribution < -0.4 is 0 Å². The van der Waals surface area contributed by atoms with E-state index in [-0.39, 0.29) is 4.90 Å². The summed E-state index contributed by atoms with van der Waals surface area (Å²) in [5, 5.41) is 0. The standard InChI is InChI=1S/C7H6N2O2S2/c10-13(11)4-1-2-5-6(3-4)9-7(12)8-5/h1-3H,(H,10,11)(H2,8,9,12)/p-1. The molecule has 4 nitrogen and oxygen atoms in total. The number of fused-ring (bicyclic) bond motifs is 1. The lowest BCUT2D eigenvalue weighted by molar-refractivity contribution is 0.537. The molecule has 0 saturated heterocycles. The Morgan fingerprint density at radius 3 is 2.69 bits per heavy atom. The lowest BCUT2D eigenvalue weighted by Crippen LogP contribution is -1.87. The third-order valence-electron chi connectivity index (χ3n) is 1.68. The van der Waals surface area contributed by atoms with Gasteiger partial charge in [-0.2, -0.15) is 0 Å². The minimum Gasteiger partial charge on any atom is -0.768 e. The molecule has 2 rings (SSSR count). The van der Waals surface area contributed by atoms with Crippen LogP contribution in [0.15, 0.2) is 23.1 Å². The van der Waals surface area contributed by atoms with Gasteiger partial charge in [-0.25, -0.2) is 0 Å². The normalized spacial score (nSPS) is 13.3. The summed E-state index contributed by atoms with van der Waals surface area (Å²) in [7, 11) is 0. The predicted octanol–water partition coefficient (Wildman–Crippen LogP) is 1.46. The van der Waals surface area contributed by atoms with Crippen LogP contribution >= 0.6 is 12.2 Å². The largest absolute Gasteiger partial charge is 0.768 e. The molecule has 0 fully saturated rings. The van der Waals surface area contributed by atoms with Crippen LogP contribution in [0.4, 0.5) is 0 Å². The first-order valence-electron chi connectivity index (χ1n) is 3.48. The Kier molecular flexibility index (Phi) is 2.03. The Labute approximate surface area is 81.3 Å². The van der Waals surface area contributed by atoms with Crippen LogP contribution in [-0.4, -0.2) is 18.7 Å². The van der Waals surface area contributed by atoms with Gasteiger partial charge in [0.2, 0.25) is 0 Å². The lowest BCUT2D eigenvalue weighted by atomic mass is 10.3. The molecule has 0 spiro atoms. The SMILES string of the molecule is O=S([O-])c1ccc2[nH]c(=S)[nH]c2c1. The molecular weight excluding hydrogens is 208 g/mol. The molecule has 2 aromatic rings. The van der Waals surface area contributed by atoms with Crippen molar-refractivity contribution in [1.29, 1.82) is 0 Å². The lowest BCUT2D eigenvalue weighted by Gasteiger charge is -2.03. The molecule has 1 aromatic carbocycles. The number of hydrogen-bond donors (Lipinski definition) is 2. The smallest absolute Gasteiger partial charge is 0.175 e. The summed E-state index contributed by atoms with van der Waals surface area (Å²) in [5.74, 6) is 0. The second-order valence-electron chi connectivity index (χ2n) is 2.52. The van der Waals surface area contributed by atoms with Gasteiger partial charge in [0, 0.05) is 4.90 Å². The average Bonchev–Trinajstić information content (AvgIpc) is 2.42. The monoisotopic (exact) mass is 213 g/mol. The molecule has 0 aliphatic carbocycles. The van der Waals surface area contributed by atoms with Gasteiger partial charge in [0.05, 0.1) is 11.0 Å². The zero-order valence-electron chi connectivity index (χ0n) is 6.37. The van der Waals surface area contributed by atoms with Gasteiger partial charge in [-0.1, -0.05) is 0 Å². The van der Waals surface area contributed by atoms with Gasteiger partial charge in [-0.15, -0.1) is 0 Å². The molecule has 0 saturated carbocycles. The van der Waals surface area contributed by atoms with E-state index in [2.05, 4.69) is 9.97 Å². The molecule has 68 valence electrons. The van der Waals surface area contributed by atoms with E-state index >= 15 is 0 Å². The highest BCUT2D eigenvalue weighted by molar-refractivity contribution is 7.79. The first-order valence-corrected chi connectivity index (χ1v) is 4.96. The van der Waals surface area contributed by atoms with Gasteiger partial charge < -0.3 is 14.5 Å². The second kappa shape index (κ2) is 3.06. The molecule has 0 radical (unpaired) electrons. The van der Waals surface area contributed by atoms with Gasteiger partial charge in [0.15, 0.2) is 4.77 Å². The molecule has 0 bridgehead atoms. The summed E-state index contributed by atoms with van der Waals surface area (Å²) >= 11 is 2.66. The maximum atomic E-state index is 10.6. The molecule has 13 heavy (non-hydrogen) atoms. The Hall–Kier alpha value is -0.980. The Morgan fingerprint density at radius 1 is 1.31 bits per heavy atom. The minimum absolute atomic E-state index is 0.248. The summed E-state index contributed by atoms with van der Waals surface area (Å²) in [6, 6.07) is 4.72. The van der Waals surface area contributed by atoms with Crippen molar-refractivity contribution in [2.45, 2.75) is 4.90 Å². The van der Waals surface area contributed by atoms with Crippen molar-refractivity contribution in [3.8, 4) is 0 Å². The van der Waals surface area contributed by atoms with Gasteiger partial charge >= 0.3 is 0 Å². The van der Waals surface area contributed by atoms with E-state index in [0.717, 1.165) is 5.52 Å². The van der Waals surface area contributed by atoms with Crippen molar-refractivity contribution in [3.63, 3.8) is 0 Å². The third-order valence-corrected chi connectivity index (χ3v) is 2.52. The van der Waals surface area contributed by atoms with E-state index in [1.165, 1.54) is 12.1 Å². The van der Waals surface area contributed by atoms with Crippen LogP contribution in [0.25, 0.3) is 11.0 Å². The fraction of sp³-hybridized carbons (Fsp3) is 0. The Morgan fingerprint density at radius 2 is 2.00 bits per heavy atom. The maximum absolute atomic E-state index is 10.6. The van der Waals surface area contributed by atoms with E-state index < -0.39 is 11.1 Å². The number of rotatable bonds is 1. The number of aromatic amines is 2. The quantitative estimate of drug-likeness (QED) is 0.556. The van der Waals surface area contributed by atoms with Crippen molar-refractivity contribution < 1.29 is 8.76 Å². The van der Waals surface area contributed by atoms with Crippen LogP contribution in [0.5, 0.6) is 0 Å². The molecular formula is C7H5N2O2S2-. The molecule has 1 unspecified atom stereocenters. The fourth-order valence-electron chi connectivity index (χ4n) is 1.12. The van der Waals surface area contributed by atoms with E-state index in [9.17, 15) is 8.76 Å². The van der Waals surface area contributed by atoms with Gasteiger partial charge in [-0.05, 0) is 41.5 Å². The first-order chi connectivity index (χ1) is 6.16. The fourth-order valence-corrected chi connectivity index (χ4v) is 1.73. The van der Waals surface area contributed by atoms with Crippen molar-refractivity contribution in [3.05, 3.63) is 23.0 Å². The summed E-state index contributed by atoms with van der Waals surface area (Å²) in [4.78, 5) is 5.97. The number of H-pyrrole nitrogens is 2. The van der Waals surface area contributed by atoms with Crippen molar-refractivity contribution in [2.24, 2.45) is 0 Å². The molecule has 1 atom stereocenters. The number of benzene rings is 1. The number of hydrogen-bond acceptors (Lipinski definition) is 3. The molecule has 2 N–H and O–H groups in total. The molecule has 1 aromatic heterocycles.